The summed E-state index contributed by atoms with van der Waals surface area (Å²) in [6.45, 7) is 7.12. The summed E-state index contributed by atoms with van der Waals surface area (Å²) in [6, 6.07) is 10.9. The van der Waals surface area contributed by atoms with E-state index in [1.807, 2.05) is 55.1 Å². The van der Waals surface area contributed by atoms with E-state index in [0.717, 1.165) is 43.5 Å². The number of benzene rings is 2. The highest BCUT2D eigenvalue weighted by Crippen LogP contribution is 2.43. The Kier molecular flexibility index (Phi) is 9.80. The number of Topliss-reactive ketones (excluding diaryl/α,β-unsaturated/α-hetero) is 1. The van der Waals surface area contributed by atoms with Gasteiger partial charge in [-0.2, -0.15) is 4.98 Å². The quantitative estimate of drug-likeness (QED) is 0.239. The maximum atomic E-state index is 13.0. The standard InChI is InChI=1S/C30H33BrClN5O4S/c1-4-40-24-15-21(14-22(31)28(24)41-16-25(39)36-12-8-5-9-13-36)27-26(19(3)38)18(2)33-29-34-30(35-37(27)29)42-17-20-10-6-7-11-23(20)32/h6-7,10-11,14-15,27H,4-5,8-9,12-13,16-17H2,1-3H3,(H,33,34,35). The van der Waals surface area contributed by atoms with Crippen LogP contribution in [0.2, 0.25) is 5.02 Å². The van der Waals surface area contributed by atoms with E-state index in [0.29, 0.717) is 55.7 Å². The predicted molar refractivity (Wildman–Crippen MR) is 167 cm³/mol. The van der Waals surface area contributed by atoms with Gasteiger partial charge in [-0.15, -0.1) is 5.10 Å². The van der Waals surface area contributed by atoms with Crippen LogP contribution in [0.15, 0.2) is 57.3 Å². The number of ketones is 1. The van der Waals surface area contributed by atoms with Gasteiger partial charge in [-0.3, -0.25) is 9.59 Å². The van der Waals surface area contributed by atoms with Gasteiger partial charge < -0.3 is 19.7 Å². The number of anilines is 1. The first kappa shape index (κ1) is 30.4. The molecule has 42 heavy (non-hydrogen) atoms. The number of nitrogens with zero attached hydrogens (tertiary/aromatic N) is 4. The highest BCUT2D eigenvalue weighted by molar-refractivity contribution is 9.10. The molecule has 1 atom stereocenters. The average Bonchev–Trinajstić information content (AvgIpc) is 3.38. The normalized spacial score (nSPS) is 16.6. The smallest absolute Gasteiger partial charge is 0.260 e. The first-order chi connectivity index (χ1) is 20.3. The van der Waals surface area contributed by atoms with Crippen LogP contribution in [0.3, 0.4) is 0 Å². The summed E-state index contributed by atoms with van der Waals surface area (Å²) in [4.78, 5) is 32.3. The molecule has 1 N–H and O–H groups in total. The van der Waals surface area contributed by atoms with E-state index in [-0.39, 0.29) is 18.3 Å². The summed E-state index contributed by atoms with van der Waals surface area (Å²) in [7, 11) is 0. The van der Waals surface area contributed by atoms with Gasteiger partial charge in [0.15, 0.2) is 23.9 Å². The Labute approximate surface area is 263 Å². The largest absolute Gasteiger partial charge is 0.490 e. The van der Waals surface area contributed by atoms with E-state index in [2.05, 4.69) is 21.2 Å². The van der Waals surface area contributed by atoms with Gasteiger partial charge >= 0.3 is 0 Å². The van der Waals surface area contributed by atoms with Crippen molar-refractivity contribution in [2.24, 2.45) is 0 Å². The molecule has 222 valence electrons. The van der Waals surface area contributed by atoms with E-state index in [9.17, 15) is 9.59 Å². The van der Waals surface area contributed by atoms with Crippen molar-refractivity contribution in [3.05, 3.63) is 68.3 Å². The molecule has 0 saturated carbocycles. The summed E-state index contributed by atoms with van der Waals surface area (Å²) in [5, 5.41) is 9.29. The molecule has 0 aliphatic carbocycles. The maximum Gasteiger partial charge on any atom is 0.260 e. The third-order valence-electron chi connectivity index (χ3n) is 7.22. The van der Waals surface area contributed by atoms with Crippen LogP contribution in [-0.4, -0.2) is 57.7 Å². The van der Waals surface area contributed by atoms with Crippen LogP contribution in [0.5, 0.6) is 11.5 Å². The molecule has 2 aromatic carbocycles. The number of likely N-dealkylation sites (tertiary alicyclic amines) is 1. The summed E-state index contributed by atoms with van der Waals surface area (Å²) in [6.07, 6.45) is 3.18. The number of allylic oxidation sites excluding steroid dienone is 2. The molecule has 3 aromatic rings. The van der Waals surface area contributed by atoms with Crippen molar-refractivity contribution in [3.63, 3.8) is 0 Å². The number of rotatable bonds is 10. The number of carbonyl (C=O) groups excluding carboxylic acids is 2. The van der Waals surface area contributed by atoms with Gasteiger partial charge in [-0.25, -0.2) is 4.68 Å². The van der Waals surface area contributed by atoms with Crippen molar-refractivity contribution < 1.29 is 19.1 Å². The van der Waals surface area contributed by atoms with Crippen LogP contribution in [0.4, 0.5) is 5.95 Å². The lowest BCUT2D eigenvalue weighted by molar-refractivity contribution is -0.134. The third-order valence-corrected chi connectivity index (χ3v) is 9.07. The van der Waals surface area contributed by atoms with Gasteiger partial charge in [0.1, 0.15) is 6.04 Å². The Bertz CT molecular complexity index is 1520. The van der Waals surface area contributed by atoms with Gasteiger partial charge in [-0.05, 0) is 85.3 Å². The maximum absolute atomic E-state index is 13.0. The van der Waals surface area contributed by atoms with E-state index < -0.39 is 6.04 Å². The molecule has 3 heterocycles. The first-order valence-corrected chi connectivity index (χ1v) is 16.1. The number of amides is 1. The van der Waals surface area contributed by atoms with Crippen LogP contribution in [0.1, 0.15) is 57.2 Å². The molecule has 0 bridgehead atoms. The lowest BCUT2D eigenvalue weighted by Crippen LogP contribution is -2.38. The van der Waals surface area contributed by atoms with Crippen LogP contribution in [0, 0.1) is 0 Å². The summed E-state index contributed by atoms with van der Waals surface area (Å²) >= 11 is 11.5. The lowest BCUT2D eigenvalue weighted by Gasteiger charge is -2.29. The fourth-order valence-corrected chi connectivity index (χ4v) is 6.92. The Morgan fingerprint density at radius 3 is 2.64 bits per heavy atom. The van der Waals surface area contributed by atoms with Crippen molar-refractivity contribution in [1.82, 2.24) is 19.7 Å². The molecule has 1 amide bonds. The third kappa shape index (κ3) is 6.63. The van der Waals surface area contributed by atoms with Crippen LogP contribution in [-0.2, 0) is 15.3 Å². The summed E-state index contributed by atoms with van der Waals surface area (Å²) < 4.78 is 14.4. The minimum absolute atomic E-state index is 0.0435. The predicted octanol–water partition coefficient (Wildman–Crippen LogP) is 6.65. The molecule has 2 aliphatic heterocycles. The van der Waals surface area contributed by atoms with E-state index in [4.69, 9.17) is 31.2 Å². The SMILES string of the molecule is CCOc1cc(C2C(C(C)=O)=C(C)Nc3nc(SCc4ccccc4Cl)nn32)cc(Br)c1OCC(=O)N1CCCCC1. The van der Waals surface area contributed by atoms with Gasteiger partial charge in [-0.1, -0.05) is 41.6 Å². The number of hydrogen-bond acceptors (Lipinski definition) is 8. The fraction of sp³-hybridized carbons (Fsp3) is 0.400. The second-order valence-electron chi connectivity index (χ2n) is 10.2. The highest BCUT2D eigenvalue weighted by Gasteiger charge is 2.34. The minimum Gasteiger partial charge on any atom is -0.490 e. The number of carbonyl (C=O) groups is 2. The molecule has 0 radical (unpaired) electrons. The van der Waals surface area contributed by atoms with Crippen LogP contribution >= 0.6 is 39.3 Å². The molecule has 0 spiro atoms. The molecule has 9 nitrogen and oxygen atoms in total. The first-order valence-electron chi connectivity index (χ1n) is 13.9. The minimum atomic E-state index is -0.555. The lowest BCUT2D eigenvalue weighted by atomic mass is 9.93. The van der Waals surface area contributed by atoms with Crippen molar-refractivity contribution in [3.8, 4) is 11.5 Å². The number of thioether (sulfide) groups is 1. The molecule has 1 aromatic heterocycles. The zero-order chi connectivity index (χ0) is 29.8. The second kappa shape index (κ2) is 13.5. The van der Waals surface area contributed by atoms with Crippen LogP contribution < -0.4 is 14.8 Å². The number of piperidine rings is 1. The van der Waals surface area contributed by atoms with Gasteiger partial charge in [0.25, 0.3) is 5.91 Å². The number of halogens is 2. The topological polar surface area (TPSA) is 98.6 Å². The van der Waals surface area contributed by atoms with Gasteiger partial charge in [0, 0.05) is 35.1 Å². The summed E-state index contributed by atoms with van der Waals surface area (Å²) in [5.74, 6) is 1.92. The molecule has 2 aliphatic rings. The Balaban J connectivity index is 1.46. The molecule has 1 saturated heterocycles. The zero-order valence-corrected chi connectivity index (χ0v) is 26.9. The van der Waals surface area contributed by atoms with E-state index in [1.165, 1.54) is 11.8 Å². The molecular formula is C30H33BrClN5O4S. The summed E-state index contributed by atoms with van der Waals surface area (Å²) in [5.41, 5.74) is 3.02. The van der Waals surface area contributed by atoms with Crippen LogP contribution in [0.25, 0.3) is 0 Å². The van der Waals surface area contributed by atoms with Gasteiger partial charge in [0.05, 0.1) is 11.1 Å². The average molecular weight is 675 g/mol. The fourth-order valence-electron chi connectivity index (χ4n) is 5.23. The Hall–Kier alpha value is -3.02. The number of aromatic nitrogens is 3. The molecule has 5 rings (SSSR count). The zero-order valence-electron chi connectivity index (χ0n) is 23.8. The molecular weight excluding hydrogens is 642 g/mol. The van der Waals surface area contributed by atoms with E-state index in [1.54, 1.807) is 11.6 Å². The number of fused-ring (bicyclic) bond motifs is 1. The molecule has 1 fully saturated rings. The van der Waals surface area contributed by atoms with Crippen molar-refractivity contribution in [1.29, 1.82) is 0 Å². The molecule has 1 unspecified atom stereocenters. The highest BCUT2D eigenvalue weighted by atomic mass is 79.9. The molecule has 12 heteroatoms. The second-order valence-corrected chi connectivity index (χ2v) is 12.4. The number of hydrogen-bond donors (Lipinski definition) is 1. The van der Waals surface area contributed by atoms with Crippen molar-refractivity contribution >= 4 is 56.9 Å². The number of nitrogens with one attached hydrogen (secondary N) is 1. The number of ether oxygens (including phenoxy) is 2. The Morgan fingerprint density at radius 2 is 1.93 bits per heavy atom. The Morgan fingerprint density at radius 1 is 1.17 bits per heavy atom. The van der Waals surface area contributed by atoms with E-state index >= 15 is 0 Å². The van der Waals surface area contributed by atoms with Crippen molar-refractivity contribution in [2.45, 2.75) is 57.0 Å². The monoisotopic (exact) mass is 673 g/mol. The van der Waals surface area contributed by atoms with Gasteiger partial charge in [0.2, 0.25) is 11.1 Å². The van der Waals surface area contributed by atoms with Crippen molar-refractivity contribution in [2.75, 3.05) is 31.6 Å².